The second-order valence-corrected chi connectivity index (χ2v) is 10.4. The highest BCUT2D eigenvalue weighted by Gasteiger charge is 2.02. The summed E-state index contributed by atoms with van der Waals surface area (Å²) in [5.74, 6) is -0.137. The normalized spacial score (nSPS) is 11.4. The molecule has 43 heavy (non-hydrogen) atoms. The summed E-state index contributed by atoms with van der Waals surface area (Å²) in [4.78, 5) is 11.7. The van der Waals surface area contributed by atoms with Crippen molar-refractivity contribution in [2.45, 2.75) is 97.3 Å². The lowest BCUT2D eigenvalue weighted by atomic mass is 10.1. The molecule has 0 amide bonds. The Balaban J connectivity index is 3.09. The quantitative estimate of drug-likeness (QED) is 0.0623. The van der Waals surface area contributed by atoms with Gasteiger partial charge in [-0.3, -0.25) is 4.79 Å². The summed E-state index contributed by atoms with van der Waals surface area (Å²) in [6, 6.07) is 0. The molecular weight excluding hydrogens is 556 g/mol. The molecule has 258 valence electrons. The Labute approximate surface area is 263 Å². The maximum atomic E-state index is 11.7. The van der Waals surface area contributed by atoms with Gasteiger partial charge in [0, 0.05) is 13.0 Å². The van der Waals surface area contributed by atoms with Gasteiger partial charge in [0.2, 0.25) is 0 Å². The van der Waals surface area contributed by atoms with Crippen LogP contribution < -0.4 is 0 Å². The van der Waals surface area contributed by atoms with E-state index in [1.165, 1.54) is 57.8 Å². The molecule has 10 nitrogen and oxygen atoms in total. The van der Waals surface area contributed by atoms with Crippen LogP contribution in [0.1, 0.15) is 97.3 Å². The maximum absolute atomic E-state index is 11.7. The fourth-order valence-electron chi connectivity index (χ4n) is 3.96. The minimum atomic E-state index is -0.137. The fourth-order valence-corrected chi connectivity index (χ4v) is 3.96. The molecule has 0 N–H and O–H groups in total. The van der Waals surface area contributed by atoms with Crippen LogP contribution in [-0.2, 0) is 47.4 Å². The van der Waals surface area contributed by atoms with Crippen LogP contribution >= 0.6 is 0 Å². The van der Waals surface area contributed by atoms with Gasteiger partial charge in [0.25, 0.3) is 0 Å². The van der Waals surface area contributed by atoms with Crippen molar-refractivity contribution < 1.29 is 47.4 Å². The Morgan fingerprint density at radius 1 is 0.326 bits per heavy atom. The molecule has 0 atom stereocenters. The largest absolute Gasteiger partial charge is 0.463 e. The van der Waals surface area contributed by atoms with Gasteiger partial charge in [0.1, 0.15) is 6.61 Å². The van der Waals surface area contributed by atoms with Gasteiger partial charge in [-0.25, -0.2) is 0 Å². The lowest BCUT2D eigenvalue weighted by Crippen LogP contribution is -2.15. The molecule has 0 aromatic rings. The molecule has 0 aliphatic heterocycles. The van der Waals surface area contributed by atoms with Crippen LogP contribution in [0.15, 0.2) is 0 Å². The summed E-state index contributed by atoms with van der Waals surface area (Å²) in [6.45, 7) is 13.4. The van der Waals surface area contributed by atoms with Crippen LogP contribution in [0.4, 0.5) is 0 Å². The van der Waals surface area contributed by atoms with Crippen molar-refractivity contribution in [3.8, 4) is 0 Å². The summed E-state index contributed by atoms with van der Waals surface area (Å²) in [6.07, 6.45) is 15.1. The molecule has 0 aromatic carbocycles. The molecule has 0 saturated carbocycles. The first-order valence-corrected chi connectivity index (χ1v) is 17.1. The van der Waals surface area contributed by atoms with Gasteiger partial charge in [0.15, 0.2) is 0 Å². The Morgan fingerprint density at radius 2 is 0.605 bits per heavy atom. The Morgan fingerprint density at radius 3 is 0.977 bits per heavy atom. The van der Waals surface area contributed by atoms with E-state index in [1.54, 1.807) is 0 Å². The predicted molar refractivity (Wildman–Crippen MR) is 169 cm³/mol. The topological polar surface area (TPSA) is 100 Å². The van der Waals surface area contributed by atoms with Crippen molar-refractivity contribution in [2.24, 2.45) is 0 Å². The van der Waals surface area contributed by atoms with Gasteiger partial charge in [-0.2, -0.15) is 0 Å². The molecule has 0 aliphatic rings. The third-order valence-corrected chi connectivity index (χ3v) is 6.47. The summed E-state index contributed by atoms with van der Waals surface area (Å²) in [5, 5.41) is 0. The molecule has 0 radical (unpaired) electrons. The molecule has 0 unspecified atom stereocenters. The Kier molecular flexibility index (Phi) is 38.4. The molecular formula is C33H66O10. The van der Waals surface area contributed by atoms with E-state index in [0.717, 1.165) is 25.9 Å². The Hall–Kier alpha value is -0.850. The van der Waals surface area contributed by atoms with E-state index in [-0.39, 0.29) is 5.97 Å². The van der Waals surface area contributed by atoms with Crippen molar-refractivity contribution in [3.05, 3.63) is 0 Å². The minimum absolute atomic E-state index is 0.137. The molecule has 0 heterocycles. The van der Waals surface area contributed by atoms with Crippen LogP contribution in [0.25, 0.3) is 0 Å². The monoisotopic (exact) mass is 622 g/mol. The van der Waals surface area contributed by atoms with Crippen LogP contribution in [0.5, 0.6) is 0 Å². The highest BCUT2D eigenvalue weighted by atomic mass is 16.6. The van der Waals surface area contributed by atoms with Gasteiger partial charge in [-0.15, -0.1) is 0 Å². The molecule has 0 saturated heterocycles. The summed E-state index contributed by atoms with van der Waals surface area (Å²) in [7, 11) is 0. The van der Waals surface area contributed by atoms with Gasteiger partial charge in [-0.1, -0.05) is 78.1 Å². The van der Waals surface area contributed by atoms with Crippen molar-refractivity contribution in [1.82, 2.24) is 0 Å². The van der Waals surface area contributed by atoms with E-state index in [9.17, 15) is 4.79 Å². The highest BCUT2D eigenvalue weighted by Crippen LogP contribution is 2.07. The first kappa shape index (κ1) is 42.1. The number of unbranched alkanes of at least 4 members (excludes halogenated alkanes) is 10. The summed E-state index contributed by atoms with van der Waals surface area (Å²) >= 11 is 0. The third kappa shape index (κ3) is 39.1. The van der Waals surface area contributed by atoms with E-state index in [2.05, 4.69) is 13.8 Å². The van der Waals surface area contributed by atoms with E-state index >= 15 is 0 Å². The second kappa shape index (κ2) is 39.2. The second-order valence-electron chi connectivity index (χ2n) is 10.4. The van der Waals surface area contributed by atoms with E-state index < -0.39 is 0 Å². The van der Waals surface area contributed by atoms with Crippen molar-refractivity contribution in [2.75, 3.05) is 112 Å². The van der Waals surface area contributed by atoms with Crippen molar-refractivity contribution in [1.29, 1.82) is 0 Å². The number of carbonyl (C=O) groups excluding carboxylic acids is 1. The average molecular weight is 623 g/mol. The molecule has 0 bridgehead atoms. The molecule has 0 spiro atoms. The van der Waals surface area contributed by atoms with Gasteiger partial charge in [0.05, 0.1) is 99.1 Å². The van der Waals surface area contributed by atoms with Crippen molar-refractivity contribution >= 4 is 5.97 Å². The lowest BCUT2D eigenvalue weighted by Gasteiger charge is -2.09. The molecule has 0 aliphatic carbocycles. The van der Waals surface area contributed by atoms with Gasteiger partial charge >= 0.3 is 5.97 Å². The summed E-state index contributed by atoms with van der Waals surface area (Å²) < 4.78 is 49.1. The van der Waals surface area contributed by atoms with Crippen LogP contribution in [-0.4, -0.2) is 118 Å². The lowest BCUT2D eigenvalue weighted by molar-refractivity contribution is -0.145. The number of ether oxygens (including phenoxy) is 9. The standard InChI is InChI=1S/C33H66O10/c1-3-5-7-9-11-13-15-33(34)43-32-31-42-30-29-41-28-27-40-26-25-39-24-23-38-22-21-37-20-19-36-18-17-35-16-14-12-10-8-6-4-2/h3-32H2,1-2H3. The zero-order chi connectivity index (χ0) is 31.2. The number of hydrogen-bond acceptors (Lipinski definition) is 10. The van der Waals surface area contributed by atoms with Crippen LogP contribution in [0.3, 0.4) is 0 Å². The number of hydrogen-bond donors (Lipinski definition) is 0. The van der Waals surface area contributed by atoms with E-state index in [4.69, 9.17) is 42.6 Å². The van der Waals surface area contributed by atoms with Crippen LogP contribution in [0, 0.1) is 0 Å². The van der Waals surface area contributed by atoms with E-state index in [1.807, 2.05) is 0 Å². The fraction of sp³-hybridized carbons (Fsp3) is 0.970. The first-order chi connectivity index (χ1) is 21.3. The molecule has 0 fully saturated rings. The minimum Gasteiger partial charge on any atom is -0.463 e. The first-order valence-electron chi connectivity index (χ1n) is 17.1. The van der Waals surface area contributed by atoms with E-state index in [0.29, 0.717) is 112 Å². The number of rotatable bonds is 38. The predicted octanol–water partition coefficient (Wildman–Crippen LogP) is 5.77. The molecule has 10 heteroatoms. The van der Waals surface area contributed by atoms with Gasteiger partial charge in [-0.05, 0) is 12.8 Å². The zero-order valence-corrected chi connectivity index (χ0v) is 27.8. The number of esters is 1. The zero-order valence-electron chi connectivity index (χ0n) is 27.8. The van der Waals surface area contributed by atoms with Crippen molar-refractivity contribution in [3.63, 3.8) is 0 Å². The smallest absolute Gasteiger partial charge is 0.305 e. The molecule has 0 aromatic heterocycles. The highest BCUT2D eigenvalue weighted by molar-refractivity contribution is 5.69. The Bertz CT molecular complexity index is 524. The third-order valence-electron chi connectivity index (χ3n) is 6.47. The summed E-state index contributed by atoms with van der Waals surface area (Å²) in [5.41, 5.74) is 0. The van der Waals surface area contributed by atoms with Gasteiger partial charge < -0.3 is 42.6 Å². The number of carbonyl (C=O) groups is 1. The van der Waals surface area contributed by atoms with Crippen LogP contribution in [0.2, 0.25) is 0 Å². The SMILES string of the molecule is CCCCCCCCOCCOCCOCCOCCOCCOCCOCCOCCOC(=O)CCCCCCCC. The molecule has 0 rings (SSSR count). The maximum Gasteiger partial charge on any atom is 0.305 e. The average Bonchev–Trinajstić information content (AvgIpc) is 3.01.